The lowest BCUT2D eigenvalue weighted by Gasteiger charge is -2.19. The first-order valence-corrected chi connectivity index (χ1v) is 6.47. The molecule has 0 fully saturated rings. The molecule has 1 nitrogen and oxygen atoms in total. The Morgan fingerprint density at radius 1 is 1.28 bits per heavy atom. The van der Waals surface area contributed by atoms with E-state index < -0.39 is 0 Å². The van der Waals surface area contributed by atoms with Crippen molar-refractivity contribution in [1.29, 1.82) is 0 Å². The van der Waals surface area contributed by atoms with Crippen molar-refractivity contribution in [3.8, 4) is 0 Å². The minimum Gasteiger partial charge on any atom is -0.338 e. The van der Waals surface area contributed by atoms with Gasteiger partial charge in [0.25, 0.3) is 0 Å². The molecule has 1 heterocycles. The normalized spacial score (nSPS) is 12.8. The van der Waals surface area contributed by atoms with E-state index >= 15 is 0 Å². The first-order valence-electron chi connectivity index (χ1n) is 6.47. The van der Waals surface area contributed by atoms with Crippen molar-refractivity contribution in [1.82, 2.24) is 4.57 Å². The van der Waals surface area contributed by atoms with Gasteiger partial charge in [0.2, 0.25) is 0 Å². The molecule has 0 aliphatic rings. The molecule has 1 heteroatoms. The van der Waals surface area contributed by atoms with Gasteiger partial charge in [-0.25, -0.2) is 0 Å². The monoisotopic (exact) mass is 239 g/mol. The van der Waals surface area contributed by atoms with Crippen LogP contribution in [0.15, 0.2) is 36.4 Å². The van der Waals surface area contributed by atoms with Crippen LogP contribution in [0, 0.1) is 0 Å². The largest absolute Gasteiger partial charge is 0.338 e. The third-order valence-corrected chi connectivity index (χ3v) is 3.55. The lowest BCUT2D eigenvalue weighted by atomic mass is 10.1. The van der Waals surface area contributed by atoms with Gasteiger partial charge in [-0.3, -0.25) is 0 Å². The number of hydrogen-bond acceptors (Lipinski definition) is 0. The second-order valence-corrected chi connectivity index (χ2v) is 5.04. The van der Waals surface area contributed by atoms with E-state index in [1.54, 1.807) is 0 Å². The average Bonchev–Trinajstić information content (AvgIpc) is 2.60. The highest BCUT2D eigenvalue weighted by Crippen LogP contribution is 2.22. The van der Waals surface area contributed by atoms with Crippen LogP contribution >= 0.6 is 0 Å². The van der Waals surface area contributed by atoms with Gasteiger partial charge in [-0.2, -0.15) is 0 Å². The fraction of sp³-hybridized carbons (Fsp3) is 0.294. The average molecular weight is 239 g/mol. The van der Waals surface area contributed by atoms with Crippen molar-refractivity contribution in [3.05, 3.63) is 47.0 Å². The van der Waals surface area contributed by atoms with Gasteiger partial charge in [-0.1, -0.05) is 43.9 Å². The molecule has 0 aliphatic carbocycles. The van der Waals surface area contributed by atoms with E-state index in [0.29, 0.717) is 6.04 Å². The predicted molar refractivity (Wildman–Crippen MR) is 81.0 cm³/mol. The van der Waals surface area contributed by atoms with Crippen molar-refractivity contribution in [2.24, 2.45) is 0 Å². The van der Waals surface area contributed by atoms with E-state index in [1.165, 1.54) is 16.5 Å². The summed E-state index contributed by atoms with van der Waals surface area (Å²) < 4.78 is 2.33. The molecule has 1 unspecified atom stereocenters. The molecule has 0 N–H and O–H groups in total. The van der Waals surface area contributed by atoms with Crippen LogP contribution in [0.3, 0.4) is 0 Å². The highest BCUT2D eigenvalue weighted by atomic mass is 15.0. The van der Waals surface area contributed by atoms with Crippen LogP contribution in [0.2, 0.25) is 0 Å². The summed E-state index contributed by atoms with van der Waals surface area (Å²) >= 11 is 0. The van der Waals surface area contributed by atoms with Gasteiger partial charge in [0.05, 0.1) is 0 Å². The first-order chi connectivity index (χ1) is 8.56. The molecule has 0 spiro atoms. The van der Waals surface area contributed by atoms with Crippen LogP contribution in [0.4, 0.5) is 0 Å². The number of para-hydroxylation sites is 1. The number of rotatable bonds is 4. The molecule has 1 aromatic carbocycles. The smallest absolute Gasteiger partial charge is 0.0493 e. The van der Waals surface area contributed by atoms with Crippen molar-refractivity contribution >= 4 is 24.1 Å². The van der Waals surface area contributed by atoms with Gasteiger partial charge in [-0.05, 0) is 31.1 Å². The molecule has 0 saturated heterocycles. The Balaban J connectivity index is 2.70. The second-order valence-electron chi connectivity index (χ2n) is 5.04. The molecule has 1 aromatic heterocycles. The highest BCUT2D eigenvalue weighted by molar-refractivity contribution is 5.81. The van der Waals surface area contributed by atoms with Crippen LogP contribution in [-0.4, -0.2) is 4.57 Å². The van der Waals surface area contributed by atoms with Crippen molar-refractivity contribution in [2.45, 2.75) is 32.7 Å². The molecule has 0 radical (unpaired) electrons. The Kier molecular flexibility index (Phi) is 3.42. The number of fused-ring (bicyclic) bond motifs is 1. The van der Waals surface area contributed by atoms with E-state index in [9.17, 15) is 0 Å². The van der Waals surface area contributed by atoms with Gasteiger partial charge in [0.1, 0.15) is 0 Å². The number of aromatic nitrogens is 1. The fourth-order valence-corrected chi connectivity index (χ4v) is 2.62. The van der Waals surface area contributed by atoms with Gasteiger partial charge < -0.3 is 4.57 Å². The molecule has 0 aliphatic heterocycles. The molecule has 1 atom stereocenters. The van der Waals surface area contributed by atoms with Crippen LogP contribution in [-0.2, 0) is 0 Å². The van der Waals surface area contributed by atoms with E-state index in [1.807, 2.05) is 0 Å². The zero-order chi connectivity index (χ0) is 13.3. The summed E-state index contributed by atoms with van der Waals surface area (Å²) in [5.41, 5.74) is 2.45. The lowest BCUT2D eigenvalue weighted by Crippen LogP contribution is -2.29. The number of benzene rings is 1. The number of hydrogen-bond donors (Lipinski definition) is 0. The van der Waals surface area contributed by atoms with Crippen molar-refractivity contribution in [3.63, 3.8) is 0 Å². The van der Waals surface area contributed by atoms with Gasteiger partial charge in [-0.15, -0.1) is 6.58 Å². The van der Waals surface area contributed by atoms with E-state index in [0.717, 1.165) is 23.4 Å². The summed E-state index contributed by atoms with van der Waals surface area (Å²) in [6.07, 6.45) is 2.07. The quantitative estimate of drug-likeness (QED) is 0.721. The standard InChI is InChI=1S/C17H21N/c1-6-15(11-12(2)3)18-14(5)13(4)16-9-7-8-10-17(16)18/h7-10,15H,2,4-6,11H2,1,3H3. The molecular weight excluding hydrogens is 218 g/mol. The minimum atomic E-state index is 0.426. The lowest BCUT2D eigenvalue weighted by molar-refractivity contribution is 0.487. The molecule has 0 bridgehead atoms. The van der Waals surface area contributed by atoms with Crippen molar-refractivity contribution < 1.29 is 0 Å². The van der Waals surface area contributed by atoms with Crippen molar-refractivity contribution in [2.75, 3.05) is 0 Å². The van der Waals surface area contributed by atoms with E-state index in [4.69, 9.17) is 0 Å². The maximum absolute atomic E-state index is 4.20. The summed E-state index contributed by atoms with van der Waals surface area (Å²) in [5, 5.41) is 3.29. The molecule has 2 rings (SSSR count). The maximum Gasteiger partial charge on any atom is 0.0493 e. The summed E-state index contributed by atoms with van der Waals surface area (Å²) in [5.74, 6) is 0. The number of nitrogens with zero attached hydrogens (tertiary/aromatic N) is 1. The summed E-state index contributed by atoms with van der Waals surface area (Å²) in [6.45, 7) is 16.7. The van der Waals surface area contributed by atoms with Gasteiger partial charge in [0.15, 0.2) is 0 Å². The Morgan fingerprint density at radius 3 is 2.56 bits per heavy atom. The second kappa shape index (κ2) is 4.85. The zero-order valence-corrected chi connectivity index (χ0v) is 11.4. The maximum atomic E-state index is 4.20. The molecule has 0 saturated carbocycles. The number of allylic oxidation sites excluding steroid dienone is 1. The Labute approximate surface area is 109 Å². The molecule has 0 amide bonds. The van der Waals surface area contributed by atoms with E-state index in [-0.39, 0.29) is 0 Å². The van der Waals surface area contributed by atoms with Gasteiger partial charge in [0, 0.05) is 22.3 Å². The van der Waals surface area contributed by atoms with Crippen LogP contribution in [0.1, 0.15) is 32.7 Å². The van der Waals surface area contributed by atoms with Crippen LogP contribution < -0.4 is 10.6 Å². The Morgan fingerprint density at radius 2 is 1.94 bits per heavy atom. The fourth-order valence-electron chi connectivity index (χ4n) is 2.62. The predicted octanol–water partition coefficient (Wildman–Crippen LogP) is 3.38. The molecule has 18 heavy (non-hydrogen) atoms. The molecule has 94 valence electrons. The summed E-state index contributed by atoms with van der Waals surface area (Å²) in [6, 6.07) is 8.83. The van der Waals surface area contributed by atoms with Gasteiger partial charge >= 0.3 is 0 Å². The molecular formula is C17H21N. The minimum absolute atomic E-state index is 0.426. The van der Waals surface area contributed by atoms with E-state index in [2.05, 4.69) is 62.4 Å². The van der Waals surface area contributed by atoms with Crippen LogP contribution in [0.25, 0.3) is 24.1 Å². The highest BCUT2D eigenvalue weighted by Gasteiger charge is 2.13. The molecule has 2 aromatic rings. The third kappa shape index (κ3) is 2.01. The van der Waals surface area contributed by atoms with Crippen LogP contribution in [0.5, 0.6) is 0 Å². The Bertz CT molecular complexity index is 675. The summed E-state index contributed by atoms with van der Waals surface area (Å²) in [7, 11) is 0. The third-order valence-electron chi connectivity index (χ3n) is 3.55. The SMILES string of the molecule is C=C(C)CC(CC)n1c(=C)c(=C)c2ccccc21. The first kappa shape index (κ1) is 12.7. The zero-order valence-electron chi connectivity index (χ0n) is 11.4. The topological polar surface area (TPSA) is 4.93 Å². The summed E-state index contributed by atoms with van der Waals surface area (Å²) in [4.78, 5) is 0. The Hall–Kier alpha value is -1.76.